The van der Waals surface area contributed by atoms with E-state index in [0.717, 1.165) is 0 Å². The van der Waals surface area contributed by atoms with Crippen molar-refractivity contribution in [2.45, 2.75) is 33.6 Å². The van der Waals surface area contributed by atoms with E-state index in [1.807, 2.05) is 0 Å². The number of hydrogen-bond donors (Lipinski definition) is 0. The van der Waals surface area contributed by atoms with E-state index in [2.05, 4.69) is 0 Å². The third kappa shape index (κ3) is 2.90. The van der Waals surface area contributed by atoms with Crippen molar-refractivity contribution in [2.75, 3.05) is 0 Å². The minimum Gasteiger partial charge on any atom is -0.300 e. The summed E-state index contributed by atoms with van der Waals surface area (Å²) in [6.45, 7) is 4.10. The molecule has 0 aromatic heterocycles. The van der Waals surface area contributed by atoms with Crippen LogP contribution >= 0.6 is 0 Å². The number of carbonyl (C=O) groups is 1. The van der Waals surface area contributed by atoms with Crippen LogP contribution in [-0.2, 0) is 4.79 Å². The van der Waals surface area contributed by atoms with Crippen LogP contribution in [0.15, 0.2) is 0 Å². The van der Waals surface area contributed by atoms with E-state index in [1.54, 1.807) is 0 Å². The fourth-order valence-corrected chi connectivity index (χ4v) is 0.719. The van der Waals surface area contributed by atoms with Crippen molar-refractivity contribution >= 4 is 5.78 Å². The molecule has 0 aromatic rings. The molecule has 0 rings (SSSR count). The Bertz CT molecular complexity index is 130. The van der Waals surface area contributed by atoms with Gasteiger partial charge < -0.3 is 4.79 Å². The first-order valence-electron chi connectivity index (χ1n) is 3.14. The third-order valence-electron chi connectivity index (χ3n) is 1.30. The van der Waals surface area contributed by atoms with Crippen molar-refractivity contribution in [1.29, 1.82) is 0 Å². The first-order valence-corrected chi connectivity index (χ1v) is 3.14. The van der Waals surface area contributed by atoms with Gasteiger partial charge in [0.05, 0.1) is 0 Å². The van der Waals surface area contributed by atoms with E-state index in [-0.39, 0.29) is 12.2 Å². The molecule has 0 fully saturated rings. The monoisotopic (exact) mass is 150 g/mol. The second kappa shape index (κ2) is 3.08. The van der Waals surface area contributed by atoms with Crippen molar-refractivity contribution in [1.82, 2.24) is 0 Å². The Morgan fingerprint density at radius 1 is 1.50 bits per heavy atom. The number of Topliss-reactive ketones (excluding diaryl/α,β-unsaturated/α-hetero) is 1. The lowest BCUT2D eigenvalue weighted by atomic mass is 9.88. The first-order chi connectivity index (χ1) is 4.36. The van der Waals surface area contributed by atoms with Gasteiger partial charge in [0, 0.05) is 11.8 Å². The van der Waals surface area contributed by atoms with Crippen LogP contribution in [0.4, 0.5) is 8.78 Å². The summed E-state index contributed by atoms with van der Waals surface area (Å²) in [7, 11) is 0. The highest BCUT2D eigenvalue weighted by Gasteiger charge is 2.30. The van der Waals surface area contributed by atoms with Gasteiger partial charge >= 0.3 is 0 Å². The maximum atomic E-state index is 12.0. The summed E-state index contributed by atoms with van der Waals surface area (Å²) in [6, 6.07) is 0. The van der Waals surface area contributed by atoms with Gasteiger partial charge in [-0.25, -0.2) is 8.78 Å². The largest absolute Gasteiger partial charge is 0.300 e. The van der Waals surface area contributed by atoms with Crippen LogP contribution in [0.25, 0.3) is 0 Å². The summed E-state index contributed by atoms with van der Waals surface area (Å²) < 4.78 is 24.0. The van der Waals surface area contributed by atoms with Gasteiger partial charge in [0.2, 0.25) is 6.43 Å². The van der Waals surface area contributed by atoms with Crippen LogP contribution in [0.5, 0.6) is 0 Å². The second-order valence-electron chi connectivity index (χ2n) is 3.17. The Labute approximate surface area is 59.4 Å². The molecular weight excluding hydrogens is 138 g/mol. The predicted octanol–water partition coefficient (Wildman–Crippen LogP) is 2.26. The zero-order valence-electron chi connectivity index (χ0n) is 6.45. The maximum Gasteiger partial charge on any atom is 0.244 e. The molecule has 0 aliphatic heterocycles. The molecule has 0 atom stereocenters. The molecule has 0 unspecified atom stereocenters. The van der Waals surface area contributed by atoms with E-state index in [4.69, 9.17) is 0 Å². The van der Waals surface area contributed by atoms with Gasteiger partial charge in [-0.15, -0.1) is 0 Å². The lowest BCUT2D eigenvalue weighted by Gasteiger charge is -2.21. The van der Waals surface area contributed by atoms with Crippen LogP contribution in [0.3, 0.4) is 0 Å². The molecular formula is C7H12F2O. The van der Waals surface area contributed by atoms with Crippen LogP contribution in [0.2, 0.25) is 0 Å². The minimum absolute atomic E-state index is 0.0509. The first kappa shape index (κ1) is 9.53. The summed E-state index contributed by atoms with van der Waals surface area (Å²) >= 11 is 0. The minimum atomic E-state index is -2.42. The predicted molar refractivity (Wildman–Crippen MR) is 35.1 cm³/mol. The Morgan fingerprint density at radius 2 is 1.90 bits per heavy atom. The van der Waals surface area contributed by atoms with Crippen molar-refractivity contribution < 1.29 is 13.6 Å². The number of rotatable bonds is 3. The average Bonchev–Trinajstić information content (AvgIpc) is 1.60. The SMILES string of the molecule is CC(=O)CC(C)(C)C(F)F. The standard InChI is InChI=1S/C7H12F2O/c1-5(10)4-7(2,3)6(8)9/h6H,4H2,1-3H3. The molecule has 3 heteroatoms. The lowest BCUT2D eigenvalue weighted by Crippen LogP contribution is -2.24. The Hall–Kier alpha value is -0.470. The van der Waals surface area contributed by atoms with Gasteiger partial charge in [-0.1, -0.05) is 13.8 Å². The van der Waals surface area contributed by atoms with Crippen LogP contribution < -0.4 is 0 Å². The number of carbonyl (C=O) groups excluding carboxylic acids is 1. The smallest absolute Gasteiger partial charge is 0.244 e. The highest BCUT2D eigenvalue weighted by Crippen LogP contribution is 2.28. The molecule has 0 aliphatic carbocycles. The molecule has 0 N–H and O–H groups in total. The topological polar surface area (TPSA) is 17.1 Å². The lowest BCUT2D eigenvalue weighted by molar-refractivity contribution is -0.121. The zero-order chi connectivity index (χ0) is 8.36. The van der Waals surface area contributed by atoms with Gasteiger partial charge in [0.1, 0.15) is 5.78 Å². The number of hydrogen-bond acceptors (Lipinski definition) is 1. The molecule has 60 valence electrons. The van der Waals surface area contributed by atoms with Gasteiger partial charge in [0.15, 0.2) is 0 Å². The van der Waals surface area contributed by atoms with E-state index >= 15 is 0 Å². The fourth-order valence-electron chi connectivity index (χ4n) is 0.719. The quantitative estimate of drug-likeness (QED) is 0.603. The van der Waals surface area contributed by atoms with Gasteiger partial charge in [-0.2, -0.15) is 0 Å². The second-order valence-corrected chi connectivity index (χ2v) is 3.17. The molecule has 0 aliphatic rings. The van der Waals surface area contributed by atoms with Crippen LogP contribution in [0, 0.1) is 5.41 Å². The highest BCUT2D eigenvalue weighted by atomic mass is 19.3. The highest BCUT2D eigenvalue weighted by molar-refractivity contribution is 5.76. The van der Waals surface area contributed by atoms with Crippen molar-refractivity contribution in [3.05, 3.63) is 0 Å². The average molecular weight is 150 g/mol. The molecule has 0 aromatic carbocycles. The molecule has 0 amide bonds. The summed E-state index contributed by atoms with van der Waals surface area (Å²) in [5.74, 6) is -0.190. The summed E-state index contributed by atoms with van der Waals surface area (Å²) in [5.41, 5.74) is -1.16. The van der Waals surface area contributed by atoms with Crippen molar-refractivity contribution in [3.63, 3.8) is 0 Å². The van der Waals surface area contributed by atoms with E-state index < -0.39 is 11.8 Å². The Balaban J connectivity index is 3.99. The number of ketones is 1. The van der Waals surface area contributed by atoms with Crippen LogP contribution in [0.1, 0.15) is 27.2 Å². The molecule has 0 bridgehead atoms. The molecule has 10 heavy (non-hydrogen) atoms. The van der Waals surface area contributed by atoms with Crippen molar-refractivity contribution in [3.8, 4) is 0 Å². The molecule has 0 radical (unpaired) electrons. The van der Waals surface area contributed by atoms with E-state index in [0.29, 0.717) is 0 Å². The van der Waals surface area contributed by atoms with Gasteiger partial charge in [0.25, 0.3) is 0 Å². The Morgan fingerprint density at radius 3 is 2.00 bits per heavy atom. The maximum absolute atomic E-state index is 12.0. The van der Waals surface area contributed by atoms with Gasteiger partial charge in [-0.3, -0.25) is 0 Å². The molecule has 1 nitrogen and oxygen atoms in total. The summed E-state index contributed by atoms with van der Waals surface area (Å²) in [6.07, 6.45) is -2.47. The molecule has 0 spiro atoms. The summed E-state index contributed by atoms with van der Waals surface area (Å²) in [5, 5.41) is 0. The molecule has 0 saturated carbocycles. The third-order valence-corrected chi connectivity index (χ3v) is 1.30. The van der Waals surface area contributed by atoms with Crippen LogP contribution in [-0.4, -0.2) is 12.2 Å². The van der Waals surface area contributed by atoms with E-state index in [9.17, 15) is 13.6 Å². The molecule has 0 saturated heterocycles. The fraction of sp³-hybridized carbons (Fsp3) is 0.857. The van der Waals surface area contributed by atoms with Crippen molar-refractivity contribution in [2.24, 2.45) is 5.41 Å². The summed E-state index contributed by atoms with van der Waals surface area (Å²) in [4.78, 5) is 10.4. The van der Waals surface area contributed by atoms with E-state index in [1.165, 1.54) is 20.8 Å². The molecule has 0 heterocycles. The zero-order valence-corrected chi connectivity index (χ0v) is 6.45. The van der Waals surface area contributed by atoms with Gasteiger partial charge in [-0.05, 0) is 6.92 Å². The Kier molecular flexibility index (Phi) is 2.94. The number of alkyl halides is 2. The normalized spacial score (nSPS) is 12.2. The number of halogens is 2.